The number of fused-ring (bicyclic) bond motifs is 2. The van der Waals surface area contributed by atoms with Crippen molar-refractivity contribution in [2.45, 2.75) is 20.1 Å². The van der Waals surface area contributed by atoms with Gasteiger partial charge in [-0.05, 0) is 48.9 Å². The van der Waals surface area contributed by atoms with E-state index in [0.29, 0.717) is 29.2 Å². The molecule has 2 aliphatic rings. The number of carbonyl (C=O) groups is 1. The molecule has 0 atom stereocenters. The maximum absolute atomic E-state index is 14.2. The summed E-state index contributed by atoms with van der Waals surface area (Å²) in [5.74, 6) is 0.781. The zero-order valence-electron chi connectivity index (χ0n) is 17.4. The van der Waals surface area contributed by atoms with Crippen LogP contribution in [0.15, 0.2) is 52.7 Å². The normalized spacial score (nSPS) is 15.6. The predicted octanol–water partition coefficient (Wildman–Crippen LogP) is 6.61. The molecule has 8 heteroatoms. The maximum atomic E-state index is 14.2. The van der Waals surface area contributed by atoms with Crippen LogP contribution in [0.4, 0.5) is 4.39 Å². The molecule has 3 aromatic rings. The molecule has 0 amide bonds. The van der Waals surface area contributed by atoms with Crippen LogP contribution in [0.2, 0.25) is 5.02 Å². The van der Waals surface area contributed by atoms with Crippen LogP contribution in [-0.4, -0.2) is 12.6 Å². The molecule has 0 aliphatic carbocycles. The van der Waals surface area contributed by atoms with E-state index in [1.165, 1.54) is 18.2 Å². The van der Waals surface area contributed by atoms with Gasteiger partial charge in [0.05, 0.1) is 17.2 Å². The van der Waals surface area contributed by atoms with E-state index in [1.807, 2.05) is 12.1 Å². The number of benzene rings is 3. The molecule has 5 rings (SSSR count). The van der Waals surface area contributed by atoms with Crippen molar-refractivity contribution in [2.24, 2.45) is 0 Å². The first-order valence-corrected chi connectivity index (χ1v) is 11.3. The van der Waals surface area contributed by atoms with Crippen LogP contribution >= 0.6 is 27.5 Å². The average molecular weight is 532 g/mol. The molecular weight excluding hydrogens is 515 g/mol. The molecule has 0 bridgehead atoms. The van der Waals surface area contributed by atoms with Crippen molar-refractivity contribution < 1.29 is 28.1 Å². The Labute approximate surface area is 202 Å². The lowest BCUT2D eigenvalue weighted by Gasteiger charge is -2.21. The number of ketones is 1. The molecule has 168 valence electrons. The first-order valence-electron chi connectivity index (χ1n) is 10.1. The minimum absolute atomic E-state index is 0.00621. The van der Waals surface area contributed by atoms with Gasteiger partial charge in [0.15, 0.2) is 12.6 Å². The van der Waals surface area contributed by atoms with E-state index in [1.54, 1.807) is 25.1 Å². The van der Waals surface area contributed by atoms with Crippen molar-refractivity contribution in [1.82, 2.24) is 0 Å². The standard InChI is InChI=1S/C25H17BrClFO5/c1-13-5-17(31-11-15-7-16(26)6-14-10-30-12-32-25(14)15)8-21-23(13)24(29)22(33-21)9-18-19(27)3-2-4-20(18)28/h2-9H,10-12H2,1H3/b22-9-. The Kier molecular flexibility index (Phi) is 5.86. The summed E-state index contributed by atoms with van der Waals surface area (Å²) in [6.45, 7) is 2.71. The first-order chi connectivity index (χ1) is 15.9. The fraction of sp³-hybridized carbons (Fsp3) is 0.160. The van der Waals surface area contributed by atoms with Crippen molar-refractivity contribution >= 4 is 39.4 Å². The second-order valence-corrected chi connectivity index (χ2v) is 8.96. The maximum Gasteiger partial charge on any atom is 0.232 e. The molecule has 0 unspecified atom stereocenters. The SMILES string of the molecule is Cc1cc(OCc2cc(Br)cc3c2OCOC3)cc2c1C(=O)/C(=C/c1c(F)cccc1Cl)O2. The monoisotopic (exact) mass is 530 g/mol. The Morgan fingerprint density at radius 3 is 2.91 bits per heavy atom. The molecule has 2 heterocycles. The van der Waals surface area contributed by atoms with Crippen LogP contribution in [0.25, 0.3) is 6.08 Å². The van der Waals surface area contributed by atoms with Crippen molar-refractivity contribution in [2.75, 3.05) is 6.79 Å². The van der Waals surface area contributed by atoms with Crippen molar-refractivity contribution in [3.8, 4) is 17.2 Å². The highest BCUT2D eigenvalue weighted by molar-refractivity contribution is 9.10. The van der Waals surface area contributed by atoms with Gasteiger partial charge < -0.3 is 18.9 Å². The van der Waals surface area contributed by atoms with E-state index in [0.717, 1.165) is 21.3 Å². The number of rotatable bonds is 4. The summed E-state index contributed by atoms with van der Waals surface area (Å²) in [7, 11) is 0. The number of allylic oxidation sites excluding steroid dienone is 1. The van der Waals surface area contributed by atoms with Gasteiger partial charge in [-0.15, -0.1) is 0 Å². The fourth-order valence-electron chi connectivity index (χ4n) is 3.87. The lowest BCUT2D eigenvalue weighted by Crippen LogP contribution is -2.14. The third kappa shape index (κ3) is 4.24. The Hall–Kier alpha value is -2.87. The Morgan fingerprint density at radius 2 is 2.09 bits per heavy atom. The van der Waals surface area contributed by atoms with Gasteiger partial charge in [0, 0.05) is 27.2 Å². The number of hydrogen-bond acceptors (Lipinski definition) is 5. The Bertz CT molecular complexity index is 1300. The number of Topliss-reactive ketones (excluding diaryl/α,β-unsaturated/α-hetero) is 1. The second-order valence-electron chi connectivity index (χ2n) is 7.64. The zero-order valence-corrected chi connectivity index (χ0v) is 19.8. The summed E-state index contributed by atoms with van der Waals surface area (Å²) in [5.41, 5.74) is 3.02. The van der Waals surface area contributed by atoms with Crippen LogP contribution < -0.4 is 14.2 Å². The minimum atomic E-state index is -0.534. The largest absolute Gasteiger partial charge is 0.489 e. The lowest BCUT2D eigenvalue weighted by atomic mass is 10.0. The van der Waals surface area contributed by atoms with Gasteiger partial charge in [0.2, 0.25) is 5.78 Å². The summed E-state index contributed by atoms with van der Waals surface area (Å²) < 4.78 is 37.9. The van der Waals surface area contributed by atoms with Crippen LogP contribution in [0, 0.1) is 12.7 Å². The molecule has 0 spiro atoms. The highest BCUT2D eigenvalue weighted by atomic mass is 79.9. The van der Waals surface area contributed by atoms with Crippen molar-refractivity contribution in [1.29, 1.82) is 0 Å². The molecule has 0 saturated heterocycles. The van der Waals surface area contributed by atoms with Gasteiger partial charge in [0.25, 0.3) is 0 Å². The predicted molar refractivity (Wildman–Crippen MR) is 124 cm³/mol. The number of carbonyl (C=O) groups excluding carboxylic acids is 1. The van der Waals surface area contributed by atoms with E-state index in [2.05, 4.69) is 15.9 Å². The smallest absolute Gasteiger partial charge is 0.232 e. The van der Waals surface area contributed by atoms with Crippen LogP contribution in [0.5, 0.6) is 17.2 Å². The lowest BCUT2D eigenvalue weighted by molar-refractivity contribution is -0.0176. The number of aryl methyl sites for hydroxylation is 1. The van der Waals surface area contributed by atoms with Gasteiger partial charge in [-0.2, -0.15) is 0 Å². The van der Waals surface area contributed by atoms with E-state index >= 15 is 0 Å². The summed E-state index contributed by atoms with van der Waals surface area (Å²) in [6, 6.07) is 11.6. The van der Waals surface area contributed by atoms with Gasteiger partial charge in [0.1, 0.15) is 29.7 Å². The third-order valence-electron chi connectivity index (χ3n) is 5.36. The van der Waals surface area contributed by atoms with E-state index in [9.17, 15) is 9.18 Å². The molecule has 0 N–H and O–H groups in total. The van der Waals surface area contributed by atoms with E-state index in [4.69, 9.17) is 30.5 Å². The molecule has 0 aromatic heterocycles. The van der Waals surface area contributed by atoms with Gasteiger partial charge in [-0.3, -0.25) is 4.79 Å². The highest BCUT2D eigenvalue weighted by Gasteiger charge is 2.30. The first kappa shape index (κ1) is 21.9. The highest BCUT2D eigenvalue weighted by Crippen LogP contribution is 2.39. The van der Waals surface area contributed by atoms with Crippen LogP contribution in [0.1, 0.15) is 32.6 Å². The number of ether oxygens (including phenoxy) is 4. The zero-order chi connectivity index (χ0) is 23.1. The number of halogens is 3. The molecular formula is C25H17BrClFO5. The van der Waals surface area contributed by atoms with E-state index in [-0.39, 0.29) is 35.5 Å². The minimum Gasteiger partial charge on any atom is -0.489 e. The molecule has 2 aliphatic heterocycles. The van der Waals surface area contributed by atoms with Crippen molar-refractivity contribution in [3.63, 3.8) is 0 Å². The number of hydrogen-bond donors (Lipinski definition) is 0. The quantitative estimate of drug-likeness (QED) is 0.355. The van der Waals surface area contributed by atoms with Crippen molar-refractivity contribution in [3.05, 3.63) is 91.4 Å². The molecule has 33 heavy (non-hydrogen) atoms. The van der Waals surface area contributed by atoms with Gasteiger partial charge in [-0.1, -0.05) is 33.6 Å². The second kappa shape index (κ2) is 8.82. The summed E-state index contributed by atoms with van der Waals surface area (Å²) >= 11 is 9.60. The summed E-state index contributed by atoms with van der Waals surface area (Å²) in [6.07, 6.45) is 1.33. The Morgan fingerprint density at radius 1 is 1.24 bits per heavy atom. The van der Waals surface area contributed by atoms with Gasteiger partial charge in [-0.25, -0.2) is 4.39 Å². The van der Waals surface area contributed by atoms with E-state index < -0.39 is 5.82 Å². The van der Waals surface area contributed by atoms with Gasteiger partial charge >= 0.3 is 0 Å². The molecule has 3 aromatic carbocycles. The third-order valence-corrected chi connectivity index (χ3v) is 6.15. The molecule has 0 radical (unpaired) electrons. The van der Waals surface area contributed by atoms with Crippen LogP contribution in [0.3, 0.4) is 0 Å². The van der Waals surface area contributed by atoms with Crippen LogP contribution in [-0.2, 0) is 18.0 Å². The average Bonchev–Trinajstić information content (AvgIpc) is 3.10. The fourth-order valence-corrected chi connectivity index (χ4v) is 4.64. The summed E-state index contributed by atoms with van der Waals surface area (Å²) in [4.78, 5) is 12.9. The summed E-state index contributed by atoms with van der Waals surface area (Å²) in [5, 5.41) is 0.195. The topological polar surface area (TPSA) is 54.0 Å². The molecule has 5 nitrogen and oxygen atoms in total. The molecule has 0 fully saturated rings. The molecule has 0 saturated carbocycles. The Balaban J connectivity index is 1.41.